The summed E-state index contributed by atoms with van der Waals surface area (Å²) in [5, 5.41) is 0. The summed E-state index contributed by atoms with van der Waals surface area (Å²) in [6, 6.07) is 4.14. The van der Waals surface area contributed by atoms with E-state index < -0.39 is 0 Å². The van der Waals surface area contributed by atoms with Gasteiger partial charge in [-0.15, -0.1) is 0 Å². The zero-order chi connectivity index (χ0) is 12.3. The van der Waals surface area contributed by atoms with Crippen LogP contribution in [0.5, 0.6) is 0 Å². The van der Waals surface area contributed by atoms with Crippen LogP contribution in [0.4, 0.5) is 0 Å². The second kappa shape index (κ2) is 5.15. The third-order valence-electron chi connectivity index (χ3n) is 4.05. The van der Waals surface area contributed by atoms with E-state index in [0.29, 0.717) is 5.41 Å². The van der Waals surface area contributed by atoms with E-state index in [9.17, 15) is 0 Å². The van der Waals surface area contributed by atoms with Crippen LogP contribution >= 0.6 is 0 Å². The molecule has 1 aromatic rings. The third kappa shape index (κ3) is 3.05. The molecule has 94 valence electrons. The highest BCUT2D eigenvalue weighted by atomic mass is 15.1. The van der Waals surface area contributed by atoms with Gasteiger partial charge in [0.1, 0.15) is 0 Å². The van der Waals surface area contributed by atoms with Crippen molar-refractivity contribution >= 4 is 0 Å². The van der Waals surface area contributed by atoms with Crippen LogP contribution in [0.25, 0.3) is 0 Å². The van der Waals surface area contributed by atoms with E-state index in [1.165, 1.54) is 24.1 Å². The fourth-order valence-corrected chi connectivity index (χ4v) is 2.35. The SMILES string of the molecule is Cc1cccnc1CN1CCC(C)(CN)CC1. The molecule has 0 unspecified atom stereocenters. The molecule has 0 amide bonds. The van der Waals surface area contributed by atoms with Gasteiger partial charge in [0.15, 0.2) is 0 Å². The van der Waals surface area contributed by atoms with Crippen LogP contribution in [0.1, 0.15) is 31.0 Å². The molecule has 17 heavy (non-hydrogen) atoms. The maximum atomic E-state index is 5.83. The molecule has 1 saturated heterocycles. The van der Waals surface area contributed by atoms with Crippen LogP contribution in [0.15, 0.2) is 18.3 Å². The summed E-state index contributed by atoms with van der Waals surface area (Å²) in [6.07, 6.45) is 4.29. The summed E-state index contributed by atoms with van der Waals surface area (Å²) in [5.41, 5.74) is 8.69. The first kappa shape index (κ1) is 12.5. The summed E-state index contributed by atoms with van der Waals surface area (Å²) in [5.74, 6) is 0. The minimum atomic E-state index is 0.357. The van der Waals surface area contributed by atoms with E-state index in [-0.39, 0.29) is 0 Å². The Bertz CT molecular complexity index is 367. The molecule has 1 aliphatic heterocycles. The van der Waals surface area contributed by atoms with Crippen molar-refractivity contribution in [3.8, 4) is 0 Å². The van der Waals surface area contributed by atoms with Gasteiger partial charge in [-0.2, -0.15) is 0 Å². The molecule has 0 saturated carbocycles. The minimum Gasteiger partial charge on any atom is -0.330 e. The Balaban J connectivity index is 1.93. The molecule has 0 atom stereocenters. The number of hydrogen-bond acceptors (Lipinski definition) is 3. The maximum Gasteiger partial charge on any atom is 0.0573 e. The molecule has 1 aromatic heterocycles. The van der Waals surface area contributed by atoms with Gasteiger partial charge >= 0.3 is 0 Å². The van der Waals surface area contributed by atoms with Gasteiger partial charge in [-0.1, -0.05) is 13.0 Å². The van der Waals surface area contributed by atoms with Gasteiger partial charge < -0.3 is 5.73 Å². The van der Waals surface area contributed by atoms with Crippen molar-refractivity contribution in [2.75, 3.05) is 19.6 Å². The number of rotatable bonds is 3. The van der Waals surface area contributed by atoms with Gasteiger partial charge in [0, 0.05) is 12.7 Å². The summed E-state index contributed by atoms with van der Waals surface area (Å²) in [7, 11) is 0. The Morgan fingerprint density at radius 2 is 2.12 bits per heavy atom. The predicted octanol–water partition coefficient (Wildman–Crippen LogP) is 1.95. The molecule has 3 heteroatoms. The number of aryl methyl sites for hydroxylation is 1. The van der Waals surface area contributed by atoms with Crippen molar-refractivity contribution in [2.24, 2.45) is 11.1 Å². The molecular formula is C14H23N3. The van der Waals surface area contributed by atoms with Crippen LogP contribution in [-0.4, -0.2) is 29.5 Å². The van der Waals surface area contributed by atoms with Crippen molar-refractivity contribution in [1.29, 1.82) is 0 Å². The Kier molecular flexibility index (Phi) is 3.79. The van der Waals surface area contributed by atoms with Crippen molar-refractivity contribution in [2.45, 2.75) is 33.2 Å². The van der Waals surface area contributed by atoms with Crippen LogP contribution in [0, 0.1) is 12.3 Å². The van der Waals surface area contributed by atoms with Crippen LogP contribution in [0.2, 0.25) is 0 Å². The van der Waals surface area contributed by atoms with Crippen molar-refractivity contribution in [3.63, 3.8) is 0 Å². The fourth-order valence-electron chi connectivity index (χ4n) is 2.35. The number of pyridine rings is 1. The van der Waals surface area contributed by atoms with Gasteiger partial charge in [-0.3, -0.25) is 9.88 Å². The lowest BCUT2D eigenvalue weighted by Crippen LogP contribution is -2.42. The monoisotopic (exact) mass is 233 g/mol. The highest BCUT2D eigenvalue weighted by Gasteiger charge is 2.28. The molecule has 2 N–H and O–H groups in total. The topological polar surface area (TPSA) is 42.2 Å². The first-order valence-corrected chi connectivity index (χ1v) is 6.46. The highest BCUT2D eigenvalue weighted by Crippen LogP contribution is 2.29. The Morgan fingerprint density at radius 1 is 1.41 bits per heavy atom. The highest BCUT2D eigenvalue weighted by molar-refractivity contribution is 5.17. The smallest absolute Gasteiger partial charge is 0.0573 e. The van der Waals surface area contributed by atoms with Crippen molar-refractivity contribution < 1.29 is 0 Å². The Hall–Kier alpha value is -0.930. The van der Waals surface area contributed by atoms with Crippen molar-refractivity contribution in [3.05, 3.63) is 29.6 Å². The largest absolute Gasteiger partial charge is 0.330 e. The number of aromatic nitrogens is 1. The van der Waals surface area contributed by atoms with E-state index in [1.54, 1.807) is 0 Å². The predicted molar refractivity (Wildman–Crippen MR) is 70.6 cm³/mol. The second-order valence-electron chi connectivity index (χ2n) is 5.56. The summed E-state index contributed by atoms with van der Waals surface area (Å²) in [4.78, 5) is 6.96. The first-order chi connectivity index (χ1) is 8.13. The van der Waals surface area contributed by atoms with Crippen LogP contribution in [-0.2, 0) is 6.54 Å². The molecule has 2 heterocycles. The zero-order valence-electron chi connectivity index (χ0n) is 10.9. The molecular weight excluding hydrogens is 210 g/mol. The van der Waals surface area contributed by atoms with E-state index in [4.69, 9.17) is 5.73 Å². The van der Waals surface area contributed by atoms with E-state index in [1.807, 2.05) is 12.3 Å². The van der Waals surface area contributed by atoms with Crippen molar-refractivity contribution in [1.82, 2.24) is 9.88 Å². The average molecular weight is 233 g/mol. The van der Waals surface area contributed by atoms with Crippen LogP contribution < -0.4 is 5.73 Å². The number of nitrogens with zero attached hydrogens (tertiary/aromatic N) is 2. The average Bonchev–Trinajstić information content (AvgIpc) is 2.35. The van der Waals surface area contributed by atoms with Gasteiger partial charge in [0.2, 0.25) is 0 Å². The molecule has 3 nitrogen and oxygen atoms in total. The lowest BCUT2D eigenvalue weighted by Gasteiger charge is -2.38. The molecule has 2 rings (SSSR count). The standard InChI is InChI=1S/C14H23N3/c1-12-4-3-7-16-13(12)10-17-8-5-14(2,11-15)6-9-17/h3-4,7H,5-6,8-11,15H2,1-2H3. The summed E-state index contributed by atoms with van der Waals surface area (Å²) >= 11 is 0. The van der Waals surface area contributed by atoms with Gasteiger partial charge in [0.25, 0.3) is 0 Å². The quantitative estimate of drug-likeness (QED) is 0.867. The molecule has 1 fully saturated rings. The molecule has 0 aliphatic carbocycles. The zero-order valence-corrected chi connectivity index (χ0v) is 10.9. The Labute approximate surface area is 104 Å². The van der Waals surface area contributed by atoms with E-state index >= 15 is 0 Å². The molecule has 1 aliphatic rings. The molecule has 0 spiro atoms. The van der Waals surface area contributed by atoms with Gasteiger partial charge in [-0.05, 0) is 56.4 Å². The van der Waals surface area contributed by atoms with Gasteiger partial charge in [-0.25, -0.2) is 0 Å². The lowest BCUT2D eigenvalue weighted by atomic mass is 9.80. The fraction of sp³-hybridized carbons (Fsp3) is 0.643. The molecule has 0 bridgehead atoms. The third-order valence-corrected chi connectivity index (χ3v) is 4.05. The van der Waals surface area contributed by atoms with Crippen LogP contribution in [0.3, 0.4) is 0 Å². The van der Waals surface area contributed by atoms with Gasteiger partial charge in [0.05, 0.1) is 5.69 Å². The molecule has 0 aromatic carbocycles. The minimum absolute atomic E-state index is 0.357. The maximum absolute atomic E-state index is 5.83. The Morgan fingerprint density at radius 3 is 2.71 bits per heavy atom. The van der Waals surface area contributed by atoms with E-state index in [0.717, 1.165) is 26.2 Å². The summed E-state index contributed by atoms with van der Waals surface area (Å²) < 4.78 is 0. The first-order valence-electron chi connectivity index (χ1n) is 6.46. The number of hydrogen-bond donors (Lipinski definition) is 1. The number of likely N-dealkylation sites (tertiary alicyclic amines) is 1. The number of piperidine rings is 1. The van der Waals surface area contributed by atoms with E-state index in [2.05, 4.69) is 29.8 Å². The second-order valence-corrected chi connectivity index (χ2v) is 5.56. The normalized spacial score (nSPS) is 20.4. The number of nitrogens with two attached hydrogens (primary N) is 1. The summed E-state index contributed by atoms with van der Waals surface area (Å²) in [6.45, 7) is 8.51. The molecule has 0 radical (unpaired) electrons. The lowest BCUT2D eigenvalue weighted by molar-refractivity contribution is 0.118.